The summed E-state index contributed by atoms with van der Waals surface area (Å²) in [6.45, 7) is 9.29. The number of nitrogens with one attached hydrogen (secondary N) is 1. The Hall–Kier alpha value is -0.450. The zero-order valence-electron chi connectivity index (χ0n) is 11.1. The van der Waals surface area contributed by atoms with E-state index >= 15 is 0 Å². The fourth-order valence-corrected chi connectivity index (χ4v) is 2.20. The van der Waals surface area contributed by atoms with E-state index in [1.807, 2.05) is 11.8 Å². The molecule has 0 radical (unpaired) electrons. The molecular weight excluding hydrogens is 234 g/mol. The Morgan fingerprint density at radius 3 is 2.71 bits per heavy atom. The van der Waals surface area contributed by atoms with Gasteiger partial charge in [0.2, 0.25) is 0 Å². The van der Waals surface area contributed by atoms with Gasteiger partial charge >= 0.3 is 0 Å². The molecule has 0 aliphatic carbocycles. The summed E-state index contributed by atoms with van der Waals surface area (Å²) in [7, 11) is 0. The van der Waals surface area contributed by atoms with Crippen molar-refractivity contribution >= 4 is 11.8 Å². The first-order chi connectivity index (χ1) is 7.88. The van der Waals surface area contributed by atoms with Crippen molar-refractivity contribution in [2.24, 2.45) is 0 Å². The summed E-state index contributed by atoms with van der Waals surface area (Å²) in [5.41, 5.74) is 0. The fourth-order valence-electron chi connectivity index (χ4n) is 1.33. The van der Waals surface area contributed by atoms with Gasteiger partial charge in [-0.15, -0.1) is 0 Å². The third-order valence-electron chi connectivity index (χ3n) is 2.30. The van der Waals surface area contributed by atoms with E-state index in [2.05, 4.69) is 33.0 Å². The molecule has 0 spiro atoms. The predicted molar refractivity (Wildman–Crippen MR) is 73.3 cm³/mol. The molecule has 1 heterocycles. The van der Waals surface area contributed by atoms with E-state index in [0.717, 1.165) is 5.75 Å². The molecule has 0 saturated heterocycles. The smallest absolute Gasteiger partial charge is 0.133 e. The van der Waals surface area contributed by atoms with E-state index in [1.54, 1.807) is 18.4 Å². The molecule has 0 aromatic carbocycles. The standard InChI is InChI=1S/C13H23NO2S/c1-10(9-17-13(2,3)4)14-8-11(15)12-6-5-7-16-12/h5-7,10-11,14-15H,8-9H2,1-4H3. The molecule has 2 unspecified atom stereocenters. The van der Waals surface area contributed by atoms with Crippen LogP contribution in [0.4, 0.5) is 0 Å². The number of thioether (sulfide) groups is 1. The van der Waals surface area contributed by atoms with Crippen LogP contribution < -0.4 is 5.32 Å². The molecule has 98 valence electrons. The highest BCUT2D eigenvalue weighted by Crippen LogP contribution is 2.23. The highest BCUT2D eigenvalue weighted by Gasteiger charge is 2.15. The minimum atomic E-state index is -0.563. The van der Waals surface area contributed by atoms with Gasteiger partial charge in [-0.3, -0.25) is 0 Å². The lowest BCUT2D eigenvalue weighted by Crippen LogP contribution is -2.33. The molecule has 0 saturated carbocycles. The number of aliphatic hydroxyl groups is 1. The normalized spacial score (nSPS) is 15.8. The number of rotatable bonds is 6. The van der Waals surface area contributed by atoms with Crippen molar-refractivity contribution in [2.75, 3.05) is 12.3 Å². The molecule has 0 aliphatic rings. The van der Waals surface area contributed by atoms with Crippen LogP contribution in [0.2, 0.25) is 0 Å². The lowest BCUT2D eigenvalue weighted by molar-refractivity contribution is 0.145. The molecular formula is C13H23NO2S. The van der Waals surface area contributed by atoms with E-state index < -0.39 is 6.10 Å². The third-order valence-corrected chi connectivity index (χ3v) is 3.83. The van der Waals surface area contributed by atoms with Gasteiger partial charge in [0.1, 0.15) is 11.9 Å². The van der Waals surface area contributed by atoms with Crippen LogP contribution in [0.25, 0.3) is 0 Å². The molecule has 0 bridgehead atoms. The van der Waals surface area contributed by atoms with Crippen LogP contribution in [0.5, 0.6) is 0 Å². The van der Waals surface area contributed by atoms with E-state index in [-0.39, 0.29) is 4.75 Å². The largest absolute Gasteiger partial charge is 0.467 e. The summed E-state index contributed by atoms with van der Waals surface area (Å²) in [6.07, 6.45) is 1.02. The number of aliphatic hydroxyl groups excluding tert-OH is 1. The first-order valence-electron chi connectivity index (χ1n) is 5.97. The molecule has 3 nitrogen and oxygen atoms in total. The molecule has 1 rings (SSSR count). The summed E-state index contributed by atoms with van der Waals surface area (Å²) in [4.78, 5) is 0. The van der Waals surface area contributed by atoms with Crippen LogP contribution in [-0.2, 0) is 0 Å². The summed E-state index contributed by atoms with van der Waals surface area (Å²) in [5, 5.41) is 13.1. The Morgan fingerprint density at radius 2 is 2.18 bits per heavy atom. The van der Waals surface area contributed by atoms with Crippen LogP contribution >= 0.6 is 11.8 Å². The van der Waals surface area contributed by atoms with Crippen LogP contribution in [0.15, 0.2) is 22.8 Å². The topological polar surface area (TPSA) is 45.4 Å². The van der Waals surface area contributed by atoms with Crippen LogP contribution in [0, 0.1) is 0 Å². The van der Waals surface area contributed by atoms with E-state index in [4.69, 9.17) is 4.42 Å². The molecule has 0 fully saturated rings. The lowest BCUT2D eigenvalue weighted by Gasteiger charge is -2.22. The predicted octanol–water partition coefficient (Wildman–Crippen LogP) is 2.82. The number of hydrogen-bond donors (Lipinski definition) is 2. The van der Waals surface area contributed by atoms with Gasteiger partial charge in [0, 0.05) is 23.1 Å². The van der Waals surface area contributed by atoms with E-state index in [9.17, 15) is 5.11 Å². The Labute approximate surface area is 108 Å². The van der Waals surface area contributed by atoms with Crippen molar-refractivity contribution < 1.29 is 9.52 Å². The molecule has 17 heavy (non-hydrogen) atoms. The number of furan rings is 1. The van der Waals surface area contributed by atoms with Gasteiger partial charge in [-0.25, -0.2) is 0 Å². The first-order valence-corrected chi connectivity index (χ1v) is 6.96. The van der Waals surface area contributed by atoms with Gasteiger partial charge in [0.05, 0.1) is 6.26 Å². The molecule has 0 aliphatic heterocycles. The Morgan fingerprint density at radius 1 is 1.47 bits per heavy atom. The second-order valence-electron chi connectivity index (χ2n) is 5.26. The maximum atomic E-state index is 9.82. The lowest BCUT2D eigenvalue weighted by atomic mass is 10.2. The van der Waals surface area contributed by atoms with Crippen LogP contribution in [0.3, 0.4) is 0 Å². The maximum absolute atomic E-state index is 9.82. The van der Waals surface area contributed by atoms with Crippen LogP contribution in [0.1, 0.15) is 39.6 Å². The van der Waals surface area contributed by atoms with Crippen molar-refractivity contribution in [2.45, 2.75) is 44.6 Å². The first kappa shape index (κ1) is 14.6. The van der Waals surface area contributed by atoms with E-state index in [1.165, 1.54) is 0 Å². The van der Waals surface area contributed by atoms with Crippen molar-refractivity contribution in [3.8, 4) is 0 Å². The highest BCUT2D eigenvalue weighted by molar-refractivity contribution is 8.00. The quantitative estimate of drug-likeness (QED) is 0.822. The van der Waals surface area contributed by atoms with Gasteiger partial charge in [-0.1, -0.05) is 20.8 Å². The molecule has 1 aromatic heterocycles. The van der Waals surface area contributed by atoms with Crippen molar-refractivity contribution in [1.82, 2.24) is 5.32 Å². The highest BCUT2D eigenvalue weighted by atomic mass is 32.2. The van der Waals surface area contributed by atoms with E-state index in [0.29, 0.717) is 18.3 Å². The van der Waals surface area contributed by atoms with Gasteiger partial charge in [0.25, 0.3) is 0 Å². The molecule has 1 aromatic rings. The van der Waals surface area contributed by atoms with Crippen LogP contribution in [-0.4, -0.2) is 28.2 Å². The average Bonchev–Trinajstić information content (AvgIpc) is 2.75. The second-order valence-corrected chi connectivity index (χ2v) is 7.11. The third kappa shape index (κ3) is 6.15. The summed E-state index contributed by atoms with van der Waals surface area (Å²) >= 11 is 1.92. The average molecular weight is 257 g/mol. The maximum Gasteiger partial charge on any atom is 0.133 e. The van der Waals surface area contributed by atoms with Crippen molar-refractivity contribution in [3.05, 3.63) is 24.2 Å². The Kier molecular flexibility index (Phi) is 5.56. The monoisotopic (exact) mass is 257 g/mol. The Balaban J connectivity index is 2.22. The molecule has 4 heteroatoms. The summed E-state index contributed by atoms with van der Waals surface area (Å²) < 4.78 is 5.43. The van der Waals surface area contributed by atoms with Gasteiger partial charge < -0.3 is 14.8 Å². The fraction of sp³-hybridized carbons (Fsp3) is 0.692. The SMILES string of the molecule is CC(CSC(C)(C)C)NCC(O)c1ccco1. The van der Waals surface area contributed by atoms with Gasteiger partial charge in [0.15, 0.2) is 0 Å². The minimum Gasteiger partial charge on any atom is -0.467 e. The van der Waals surface area contributed by atoms with Crippen molar-refractivity contribution in [3.63, 3.8) is 0 Å². The summed E-state index contributed by atoms with van der Waals surface area (Å²) in [5.74, 6) is 1.65. The second kappa shape index (κ2) is 6.47. The van der Waals surface area contributed by atoms with Gasteiger partial charge in [-0.05, 0) is 19.1 Å². The zero-order valence-corrected chi connectivity index (χ0v) is 11.9. The zero-order chi connectivity index (χ0) is 12.9. The molecule has 0 amide bonds. The molecule has 2 N–H and O–H groups in total. The van der Waals surface area contributed by atoms with Gasteiger partial charge in [-0.2, -0.15) is 11.8 Å². The van der Waals surface area contributed by atoms with Crippen molar-refractivity contribution in [1.29, 1.82) is 0 Å². The summed E-state index contributed by atoms with van der Waals surface area (Å²) in [6, 6.07) is 3.96. The molecule has 2 atom stereocenters. The minimum absolute atomic E-state index is 0.287. The number of hydrogen-bond acceptors (Lipinski definition) is 4. The Bertz CT molecular complexity index is 306.